The van der Waals surface area contributed by atoms with Gasteiger partial charge in [-0.3, -0.25) is 0 Å². The van der Waals surface area contributed by atoms with E-state index < -0.39 is 0 Å². The molecule has 0 spiro atoms. The van der Waals surface area contributed by atoms with E-state index in [-0.39, 0.29) is 10.3 Å². The summed E-state index contributed by atoms with van der Waals surface area (Å²) in [6, 6.07) is 0. The molecule has 0 fully saturated rings. The van der Waals surface area contributed by atoms with Crippen LogP contribution in [0.4, 0.5) is 0 Å². The van der Waals surface area contributed by atoms with Crippen molar-refractivity contribution in [2.45, 2.75) is 38.0 Å². The Morgan fingerprint density at radius 2 is 1.44 bits per heavy atom. The maximum atomic E-state index is 5.23. The average Bonchev–Trinajstić information content (AvgIpc) is 1.64. The average molecular weight is 148 g/mol. The molecule has 0 aromatic carbocycles. The zero-order chi connectivity index (χ0) is 7.71. The molecule has 0 aliphatic heterocycles. The van der Waals surface area contributed by atoms with Crippen LogP contribution in [0.25, 0.3) is 0 Å². The third kappa shape index (κ3) is 2.18. The van der Waals surface area contributed by atoms with Gasteiger partial charge in [-0.25, -0.2) is 0 Å². The summed E-state index contributed by atoms with van der Waals surface area (Å²) in [6.07, 6.45) is 0. The van der Waals surface area contributed by atoms with Gasteiger partial charge in [0.05, 0.1) is 5.60 Å². The fraction of sp³-hybridized carbons (Fsp3) is 1.00. The van der Waals surface area contributed by atoms with E-state index in [4.69, 9.17) is 4.74 Å². The highest BCUT2D eigenvalue weighted by molar-refractivity contribution is 7.81. The highest BCUT2D eigenvalue weighted by Gasteiger charge is 2.33. The van der Waals surface area contributed by atoms with Gasteiger partial charge in [-0.2, -0.15) is 12.6 Å². The van der Waals surface area contributed by atoms with Crippen molar-refractivity contribution in [3.8, 4) is 0 Å². The molecule has 0 saturated heterocycles. The van der Waals surface area contributed by atoms with E-state index in [2.05, 4.69) is 12.6 Å². The van der Waals surface area contributed by atoms with E-state index in [1.165, 1.54) is 0 Å². The molecule has 0 rings (SSSR count). The Morgan fingerprint density at radius 1 is 1.11 bits per heavy atom. The summed E-state index contributed by atoms with van der Waals surface area (Å²) in [7, 11) is 1.71. The Balaban J connectivity index is 4.14. The predicted octanol–water partition coefficient (Wildman–Crippen LogP) is 2.12. The zero-order valence-electron chi connectivity index (χ0n) is 6.86. The topological polar surface area (TPSA) is 9.23 Å². The molecule has 0 aromatic rings. The summed E-state index contributed by atoms with van der Waals surface area (Å²) in [6.45, 7) is 8.14. The molecule has 0 amide bonds. The van der Waals surface area contributed by atoms with Gasteiger partial charge in [0.15, 0.2) is 0 Å². The van der Waals surface area contributed by atoms with Crippen LogP contribution in [0.1, 0.15) is 27.7 Å². The molecule has 0 bridgehead atoms. The Kier molecular flexibility index (Phi) is 2.59. The van der Waals surface area contributed by atoms with Crippen molar-refractivity contribution in [3.05, 3.63) is 0 Å². The molecule has 0 aromatic heterocycles. The predicted molar refractivity (Wildman–Crippen MR) is 44.2 cm³/mol. The van der Waals surface area contributed by atoms with Crippen LogP contribution in [0, 0.1) is 0 Å². The molecule has 0 heterocycles. The highest BCUT2D eigenvalue weighted by atomic mass is 32.1. The molecule has 0 atom stereocenters. The second-order valence-electron chi connectivity index (χ2n) is 3.27. The minimum Gasteiger partial charge on any atom is -0.377 e. The molecule has 0 radical (unpaired) electrons. The van der Waals surface area contributed by atoms with Gasteiger partial charge in [-0.1, -0.05) is 0 Å². The maximum absolute atomic E-state index is 5.23. The lowest BCUT2D eigenvalue weighted by molar-refractivity contribution is -0.00128. The number of hydrogen-bond donors (Lipinski definition) is 1. The van der Waals surface area contributed by atoms with E-state index in [0.29, 0.717) is 0 Å². The Morgan fingerprint density at radius 3 is 1.44 bits per heavy atom. The van der Waals surface area contributed by atoms with E-state index in [0.717, 1.165) is 0 Å². The van der Waals surface area contributed by atoms with Crippen LogP contribution in [-0.4, -0.2) is 17.5 Å². The first-order chi connectivity index (χ1) is 3.81. The highest BCUT2D eigenvalue weighted by Crippen LogP contribution is 2.29. The third-order valence-corrected chi connectivity index (χ3v) is 2.52. The number of rotatable bonds is 2. The fourth-order valence-corrected chi connectivity index (χ4v) is 0.341. The molecule has 0 unspecified atom stereocenters. The first kappa shape index (κ1) is 9.31. The summed E-state index contributed by atoms with van der Waals surface area (Å²) in [5, 5.41) is 0. The largest absolute Gasteiger partial charge is 0.377 e. The van der Waals surface area contributed by atoms with Crippen molar-refractivity contribution >= 4 is 12.6 Å². The van der Waals surface area contributed by atoms with Gasteiger partial charge in [-0.05, 0) is 27.7 Å². The van der Waals surface area contributed by atoms with E-state index >= 15 is 0 Å². The van der Waals surface area contributed by atoms with Crippen molar-refractivity contribution in [2.24, 2.45) is 0 Å². The minimum atomic E-state index is -0.157. The number of hydrogen-bond acceptors (Lipinski definition) is 2. The summed E-state index contributed by atoms with van der Waals surface area (Å²) < 4.78 is 5.14. The van der Waals surface area contributed by atoms with Crippen molar-refractivity contribution in [1.29, 1.82) is 0 Å². The summed E-state index contributed by atoms with van der Waals surface area (Å²) >= 11 is 4.39. The van der Waals surface area contributed by atoms with E-state index in [9.17, 15) is 0 Å². The molecule has 0 aliphatic rings. The van der Waals surface area contributed by atoms with Crippen LogP contribution >= 0.6 is 12.6 Å². The lowest BCUT2D eigenvalue weighted by Gasteiger charge is -2.36. The molecule has 9 heavy (non-hydrogen) atoms. The van der Waals surface area contributed by atoms with Crippen LogP contribution in [-0.2, 0) is 4.74 Å². The smallest absolute Gasteiger partial charge is 0.0760 e. The number of ether oxygens (including phenoxy) is 1. The number of methoxy groups -OCH3 is 1. The fourth-order valence-electron chi connectivity index (χ4n) is 0.250. The SMILES string of the molecule is COC(C)(C)C(C)(C)S. The summed E-state index contributed by atoms with van der Waals surface area (Å²) in [5.41, 5.74) is -0.157. The molecular weight excluding hydrogens is 132 g/mol. The molecule has 0 aliphatic carbocycles. The molecule has 1 nitrogen and oxygen atoms in total. The van der Waals surface area contributed by atoms with Gasteiger partial charge in [0.25, 0.3) is 0 Å². The normalized spacial score (nSPS) is 14.0. The van der Waals surface area contributed by atoms with Crippen LogP contribution in [0.3, 0.4) is 0 Å². The second-order valence-corrected chi connectivity index (χ2v) is 4.39. The monoisotopic (exact) mass is 148 g/mol. The molecule has 56 valence electrons. The summed E-state index contributed by atoms with van der Waals surface area (Å²) in [4.78, 5) is 0. The van der Waals surface area contributed by atoms with Gasteiger partial charge < -0.3 is 4.74 Å². The molecule has 2 heteroatoms. The quantitative estimate of drug-likeness (QED) is 0.590. The van der Waals surface area contributed by atoms with Crippen molar-refractivity contribution in [1.82, 2.24) is 0 Å². The molecule has 0 saturated carbocycles. The van der Waals surface area contributed by atoms with E-state index in [1.54, 1.807) is 7.11 Å². The van der Waals surface area contributed by atoms with Gasteiger partial charge in [0, 0.05) is 11.9 Å². The Bertz CT molecular complexity index is 91.6. The van der Waals surface area contributed by atoms with Crippen LogP contribution in [0.15, 0.2) is 0 Å². The Labute approximate surface area is 63.2 Å². The first-order valence-electron chi connectivity index (χ1n) is 3.09. The van der Waals surface area contributed by atoms with E-state index in [1.807, 2.05) is 27.7 Å². The first-order valence-corrected chi connectivity index (χ1v) is 3.53. The Hall–Kier alpha value is 0.310. The third-order valence-electron chi connectivity index (χ3n) is 1.98. The second kappa shape index (κ2) is 2.51. The molecular formula is C7H16OS. The van der Waals surface area contributed by atoms with Crippen LogP contribution in [0.2, 0.25) is 0 Å². The van der Waals surface area contributed by atoms with Gasteiger partial charge in [0.1, 0.15) is 0 Å². The standard InChI is InChI=1S/C7H16OS/c1-6(2,8-5)7(3,4)9/h9H,1-5H3. The maximum Gasteiger partial charge on any atom is 0.0760 e. The number of thiol groups is 1. The molecule has 0 N–H and O–H groups in total. The van der Waals surface area contributed by atoms with Gasteiger partial charge in [-0.15, -0.1) is 0 Å². The lowest BCUT2D eigenvalue weighted by Crippen LogP contribution is -2.42. The summed E-state index contributed by atoms with van der Waals surface area (Å²) in [5.74, 6) is 0. The lowest BCUT2D eigenvalue weighted by atomic mass is 9.93. The van der Waals surface area contributed by atoms with Crippen LogP contribution < -0.4 is 0 Å². The van der Waals surface area contributed by atoms with Crippen molar-refractivity contribution in [2.75, 3.05) is 7.11 Å². The van der Waals surface area contributed by atoms with Gasteiger partial charge >= 0.3 is 0 Å². The van der Waals surface area contributed by atoms with Crippen LogP contribution in [0.5, 0.6) is 0 Å². The van der Waals surface area contributed by atoms with Crippen molar-refractivity contribution < 1.29 is 4.74 Å². The van der Waals surface area contributed by atoms with Crippen molar-refractivity contribution in [3.63, 3.8) is 0 Å². The van der Waals surface area contributed by atoms with Gasteiger partial charge in [0.2, 0.25) is 0 Å². The minimum absolute atomic E-state index is 0.0816. The zero-order valence-corrected chi connectivity index (χ0v) is 7.75.